The van der Waals surface area contributed by atoms with E-state index in [2.05, 4.69) is 44.9 Å². The predicted octanol–water partition coefficient (Wildman–Crippen LogP) is 3.23. The second-order valence-corrected chi connectivity index (χ2v) is 6.21. The van der Waals surface area contributed by atoms with Crippen LogP contribution in [-0.4, -0.2) is 24.2 Å². The SMILES string of the molecule is CCNC(CC(C)(C)OC)c1nc(C)c(C)s1. The maximum Gasteiger partial charge on any atom is 0.110 e. The molecule has 1 atom stereocenters. The van der Waals surface area contributed by atoms with Gasteiger partial charge in [-0.3, -0.25) is 0 Å². The molecule has 0 saturated carbocycles. The first-order valence-electron chi connectivity index (χ1n) is 6.12. The number of thiazole rings is 1. The summed E-state index contributed by atoms with van der Waals surface area (Å²) in [7, 11) is 1.77. The van der Waals surface area contributed by atoms with E-state index in [1.54, 1.807) is 18.4 Å². The first-order valence-corrected chi connectivity index (χ1v) is 6.93. The van der Waals surface area contributed by atoms with Crippen LogP contribution in [0.2, 0.25) is 0 Å². The van der Waals surface area contributed by atoms with Gasteiger partial charge < -0.3 is 10.1 Å². The van der Waals surface area contributed by atoms with Crippen molar-refractivity contribution in [3.05, 3.63) is 15.6 Å². The molecule has 1 heterocycles. The summed E-state index contributed by atoms with van der Waals surface area (Å²) in [5.41, 5.74) is 1.02. The second-order valence-electron chi connectivity index (χ2n) is 4.97. The molecule has 0 spiro atoms. The molecule has 0 aliphatic carbocycles. The quantitative estimate of drug-likeness (QED) is 0.848. The fourth-order valence-corrected chi connectivity index (χ4v) is 2.71. The van der Waals surface area contributed by atoms with E-state index in [-0.39, 0.29) is 11.6 Å². The number of hydrogen-bond donors (Lipinski definition) is 1. The Kier molecular flexibility index (Phi) is 5.10. The molecular weight excluding hydrogens is 232 g/mol. The summed E-state index contributed by atoms with van der Waals surface area (Å²) in [6, 6.07) is 0.285. The first kappa shape index (κ1) is 14.6. The summed E-state index contributed by atoms with van der Waals surface area (Å²) in [6.07, 6.45) is 0.934. The van der Waals surface area contributed by atoms with Crippen molar-refractivity contribution in [2.24, 2.45) is 0 Å². The monoisotopic (exact) mass is 256 g/mol. The van der Waals surface area contributed by atoms with E-state index in [9.17, 15) is 0 Å². The maximum absolute atomic E-state index is 5.51. The van der Waals surface area contributed by atoms with Gasteiger partial charge in [0.15, 0.2) is 0 Å². The van der Waals surface area contributed by atoms with E-state index in [1.165, 1.54) is 9.88 Å². The van der Waals surface area contributed by atoms with E-state index in [0.29, 0.717) is 0 Å². The number of aryl methyl sites for hydroxylation is 2. The molecule has 1 unspecified atom stereocenters. The molecule has 1 rings (SSSR count). The van der Waals surface area contributed by atoms with Crippen LogP contribution in [0.15, 0.2) is 0 Å². The van der Waals surface area contributed by atoms with Gasteiger partial charge in [-0.05, 0) is 40.7 Å². The molecule has 0 aliphatic rings. The predicted molar refractivity (Wildman–Crippen MR) is 73.7 cm³/mol. The number of nitrogens with one attached hydrogen (secondary N) is 1. The number of hydrogen-bond acceptors (Lipinski definition) is 4. The van der Waals surface area contributed by atoms with E-state index in [1.807, 2.05) is 0 Å². The Bertz CT molecular complexity index is 341. The molecule has 0 bridgehead atoms. The molecule has 0 aromatic carbocycles. The number of nitrogens with zero attached hydrogens (tertiary/aromatic N) is 1. The summed E-state index contributed by atoms with van der Waals surface area (Å²) in [5, 5.41) is 4.67. The number of methoxy groups -OCH3 is 1. The van der Waals surface area contributed by atoms with Gasteiger partial charge in [0.1, 0.15) is 5.01 Å². The molecule has 1 aromatic heterocycles. The maximum atomic E-state index is 5.51. The van der Waals surface area contributed by atoms with Crippen LogP contribution in [-0.2, 0) is 4.74 Å². The minimum absolute atomic E-state index is 0.125. The summed E-state index contributed by atoms with van der Waals surface area (Å²) in [6.45, 7) is 11.5. The summed E-state index contributed by atoms with van der Waals surface area (Å²) in [5.74, 6) is 0. The van der Waals surface area contributed by atoms with E-state index in [0.717, 1.165) is 18.7 Å². The molecule has 1 N–H and O–H groups in total. The van der Waals surface area contributed by atoms with Gasteiger partial charge in [-0.1, -0.05) is 6.92 Å². The van der Waals surface area contributed by atoms with Crippen LogP contribution in [0.3, 0.4) is 0 Å². The Hall–Kier alpha value is -0.450. The lowest BCUT2D eigenvalue weighted by atomic mass is 9.99. The zero-order chi connectivity index (χ0) is 13.1. The van der Waals surface area contributed by atoms with Gasteiger partial charge in [0.25, 0.3) is 0 Å². The Morgan fingerprint density at radius 1 is 1.41 bits per heavy atom. The fraction of sp³-hybridized carbons (Fsp3) is 0.769. The van der Waals surface area contributed by atoms with Crippen LogP contribution in [0, 0.1) is 13.8 Å². The van der Waals surface area contributed by atoms with Crippen molar-refractivity contribution < 1.29 is 4.74 Å². The number of ether oxygens (including phenoxy) is 1. The standard InChI is InChI=1S/C13H24N2OS/c1-7-14-11(8-13(4,5)16-6)12-15-9(2)10(3)17-12/h11,14H,7-8H2,1-6H3. The lowest BCUT2D eigenvalue weighted by Gasteiger charge is -2.28. The summed E-state index contributed by atoms with van der Waals surface area (Å²) < 4.78 is 5.51. The second kappa shape index (κ2) is 5.94. The van der Waals surface area contributed by atoms with Crippen LogP contribution in [0.4, 0.5) is 0 Å². The molecular formula is C13H24N2OS. The van der Waals surface area contributed by atoms with Crippen LogP contribution in [0.1, 0.15) is 48.8 Å². The van der Waals surface area contributed by atoms with Gasteiger partial charge >= 0.3 is 0 Å². The van der Waals surface area contributed by atoms with Gasteiger partial charge in [0.05, 0.1) is 17.3 Å². The topological polar surface area (TPSA) is 34.1 Å². The van der Waals surface area contributed by atoms with Crippen molar-refractivity contribution in [3.63, 3.8) is 0 Å². The Morgan fingerprint density at radius 2 is 2.06 bits per heavy atom. The molecule has 17 heavy (non-hydrogen) atoms. The van der Waals surface area contributed by atoms with E-state index in [4.69, 9.17) is 4.74 Å². The molecule has 98 valence electrons. The highest BCUT2D eigenvalue weighted by Gasteiger charge is 2.25. The minimum Gasteiger partial charge on any atom is -0.379 e. The highest BCUT2D eigenvalue weighted by Crippen LogP contribution is 2.29. The lowest BCUT2D eigenvalue weighted by molar-refractivity contribution is 0.00695. The average molecular weight is 256 g/mol. The number of aromatic nitrogens is 1. The molecule has 0 radical (unpaired) electrons. The summed E-state index contributed by atoms with van der Waals surface area (Å²) >= 11 is 1.78. The van der Waals surface area contributed by atoms with Crippen LogP contribution >= 0.6 is 11.3 Å². The zero-order valence-corrected chi connectivity index (χ0v) is 12.6. The van der Waals surface area contributed by atoms with Gasteiger partial charge in [-0.15, -0.1) is 11.3 Å². The Labute approximate surface area is 109 Å². The molecule has 0 fully saturated rings. The van der Waals surface area contributed by atoms with Crippen molar-refractivity contribution in [2.75, 3.05) is 13.7 Å². The molecule has 0 aliphatic heterocycles. The fourth-order valence-electron chi connectivity index (χ4n) is 1.71. The van der Waals surface area contributed by atoms with E-state index < -0.39 is 0 Å². The normalized spacial score (nSPS) is 14.0. The first-order chi connectivity index (χ1) is 7.89. The van der Waals surface area contributed by atoms with Crippen molar-refractivity contribution in [2.45, 2.75) is 52.7 Å². The highest BCUT2D eigenvalue weighted by molar-refractivity contribution is 7.11. The molecule has 1 aromatic rings. The van der Waals surface area contributed by atoms with Crippen molar-refractivity contribution in [1.82, 2.24) is 10.3 Å². The van der Waals surface area contributed by atoms with Gasteiger partial charge in [-0.25, -0.2) is 4.98 Å². The van der Waals surface area contributed by atoms with Crippen LogP contribution < -0.4 is 5.32 Å². The summed E-state index contributed by atoms with van der Waals surface area (Å²) in [4.78, 5) is 5.95. The van der Waals surface area contributed by atoms with Gasteiger partial charge in [0.2, 0.25) is 0 Å². The van der Waals surface area contributed by atoms with Gasteiger partial charge in [-0.2, -0.15) is 0 Å². The lowest BCUT2D eigenvalue weighted by Crippen LogP contribution is -2.32. The third-order valence-electron chi connectivity index (χ3n) is 3.04. The van der Waals surface area contributed by atoms with Crippen LogP contribution in [0.25, 0.3) is 0 Å². The van der Waals surface area contributed by atoms with Crippen LogP contribution in [0.5, 0.6) is 0 Å². The van der Waals surface area contributed by atoms with Crippen molar-refractivity contribution >= 4 is 11.3 Å². The Balaban J connectivity index is 2.85. The largest absolute Gasteiger partial charge is 0.379 e. The van der Waals surface area contributed by atoms with E-state index >= 15 is 0 Å². The highest BCUT2D eigenvalue weighted by atomic mass is 32.1. The molecule has 4 heteroatoms. The third kappa shape index (κ3) is 4.05. The average Bonchev–Trinajstić information content (AvgIpc) is 2.58. The van der Waals surface area contributed by atoms with Crippen molar-refractivity contribution in [3.8, 4) is 0 Å². The molecule has 0 amide bonds. The molecule has 3 nitrogen and oxygen atoms in total. The Morgan fingerprint density at radius 3 is 2.47 bits per heavy atom. The smallest absolute Gasteiger partial charge is 0.110 e. The minimum atomic E-state index is -0.125. The number of rotatable bonds is 6. The zero-order valence-electron chi connectivity index (χ0n) is 11.8. The van der Waals surface area contributed by atoms with Gasteiger partial charge in [0, 0.05) is 12.0 Å². The molecule has 0 saturated heterocycles. The van der Waals surface area contributed by atoms with Crippen molar-refractivity contribution in [1.29, 1.82) is 0 Å². The third-order valence-corrected chi connectivity index (χ3v) is 4.23.